The molecule has 1 unspecified atom stereocenters. The molecule has 1 aliphatic rings. The van der Waals surface area contributed by atoms with E-state index in [4.69, 9.17) is 23.2 Å². The van der Waals surface area contributed by atoms with Gasteiger partial charge in [-0.05, 0) is 43.4 Å². The van der Waals surface area contributed by atoms with Crippen molar-refractivity contribution in [2.45, 2.75) is 31.8 Å². The fourth-order valence-electron chi connectivity index (χ4n) is 2.11. The molecule has 2 amide bonds. The standard InChI is InChI=1S/C14H16Cl2N2O3/c1-14(12(19)20,9-3-4-9)18-13(21)17-7-8-2-5-10(15)6-11(8)16/h2,5-6,9H,3-4,7H2,1H3,(H,19,20)(H2,17,18,21). The SMILES string of the molecule is CC(NC(=O)NCc1ccc(Cl)cc1Cl)(C(=O)O)C1CC1. The van der Waals surface area contributed by atoms with Gasteiger partial charge < -0.3 is 15.7 Å². The number of benzene rings is 1. The number of hydrogen-bond acceptors (Lipinski definition) is 2. The van der Waals surface area contributed by atoms with E-state index in [1.165, 1.54) is 6.92 Å². The van der Waals surface area contributed by atoms with E-state index in [1.807, 2.05) is 0 Å². The first-order valence-electron chi connectivity index (χ1n) is 6.56. The summed E-state index contributed by atoms with van der Waals surface area (Å²) in [4.78, 5) is 23.2. The van der Waals surface area contributed by atoms with E-state index < -0.39 is 17.5 Å². The van der Waals surface area contributed by atoms with Gasteiger partial charge in [-0.3, -0.25) is 0 Å². The summed E-state index contributed by atoms with van der Waals surface area (Å²) in [5.74, 6) is -1.04. The predicted octanol–water partition coefficient (Wildman–Crippen LogP) is 3.05. The monoisotopic (exact) mass is 330 g/mol. The number of amides is 2. The largest absolute Gasteiger partial charge is 0.480 e. The maximum absolute atomic E-state index is 11.9. The van der Waals surface area contributed by atoms with E-state index in [-0.39, 0.29) is 12.5 Å². The Morgan fingerprint density at radius 1 is 1.38 bits per heavy atom. The van der Waals surface area contributed by atoms with Gasteiger partial charge in [0.05, 0.1) is 0 Å². The molecule has 5 nitrogen and oxygen atoms in total. The van der Waals surface area contributed by atoms with E-state index in [0.717, 1.165) is 12.8 Å². The number of carbonyl (C=O) groups is 2. The Hall–Kier alpha value is -1.46. The van der Waals surface area contributed by atoms with Crippen LogP contribution in [0.1, 0.15) is 25.3 Å². The van der Waals surface area contributed by atoms with Crippen LogP contribution in [0.4, 0.5) is 4.79 Å². The number of carboxylic acids is 1. The second-order valence-corrected chi connectivity index (χ2v) is 6.17. The molecule has 0 aromatic heterocycles. The smallest absolute Gasteiger partial charge is 0.329 e. The third kappa shape index (κ3) is 3.80. The summed E-state index contributed by atoms with van der Waals surface area (Å²) in [5, 5.41) is 15.4. The van der Waals surface area contributed by atoms with Gasteiger partial charge in [0.1, 0.15) is 5.54 Å². The van der Waals surface area contributed by atoms with E-state index in [2.05, 4.69) is 10.6 Å². The minimum Gasteiger partial charge on any atom is -0.480 e. The molecular formula is C14H16Cl2N2O3. The van der Waals surface area contributed by atoms with E-state index >= 15 is 0 Å². The molecule has 7 heteroatoms. The van der Waals surface area contributed by atoms with E-state index in [1.54, 1.807) is 18.2 Å². The van der Waals surface area contributed by atoms with Crippen molar-refractivity contribution < 1.29 is 14.7 Å². The Morgan fingerprint density at radius 3 is 2.57 bits per heavy atom. The molecule has 114 valence electrons. The molecule has 1 saturated carbocycles. The lowest BCUT2D eigenvalue weighted by atomic mass is 9.96. The summed E-state index contributed by atoms with van der Waals surface area (Å²) < 4.78 is 0. The van der Waals surface area contributed by atoms with Gasteiger partial charge >= 0.3 is 12.0 Å². The lowest BCUT2D eigenvalue weighted by molar-refractivity contribution is -0.144. The van der Waals surface area contributed by atoms with Gasteiger partial charge in [-0.2, -0.15) is 0 Å². The first-order chi connectivity index (χ1) is 9.83. The molecule has 0 saturated heterocycles. The van der Waals surface area contributed by atoms with Crippen LogP contribution >= 0.6 is 23.2 Å². The Morgan fingerprint density at radius 2 is 2.05 bits per heavy atom. The van der Waals surface area contributed by atoms with Crippen molar-refractivity contribution in [2.75, 3.05) is 0 Å². The van der Waals surface area contributed by atoms with Gasteiger partial charge in [0.15, 0.2) is 0 Å². The summed E-state index contributed by atoms with van der Waals surface area (Å²) in [7, 11) is 0. The molecule has 1 aromatic rings. The number of nitrogens with one attached hydrogen (secondary N) is 2. The number of carbonyl (C=O) groups excluding carboxylic acids is 1. The quantitative estimate of drug-likeness (QED) is 0.776. The molecule has 0 spiro atoms. The van der Waals surface area contributed by atoms with Crippen molar-refractivity contribution in [2.24, 2.45) is 5.92 Å². The Bertz CT molecular complexity index is 575. The van der Waals surface area contributed by atoms with Gasteiger partial charge in [-0.1, -0.05) is 29.3 Å². The Balaban J connectivity index is 1.94. The lowest BCUT2D eigenvalue weighted by Gasteiger charge is -2.26. The Labute approximate surface area is 132 Å². The van der Waals surface area contributed by atoms with Gasteiger partial charge in [0, 0.05) is 16.6 Å². The zero-order chi connectivity index (χ0) is 15.6. The maximum atomic E-state index is 11.9. The van der Waals surface area contributed by atoms with Crippen molar-refractivity contribution in [1.29, 1.82) is 0 Å². The third-order valence-electron chi connectivity index (χ3n) is 3.67. The minimum absolute atomic E-state index is 0.0140. The minimum atomic E-state index is -1.23. The zero-order valence-corrected chi connectivity index (χ0v) is 13.0. The summed E-state index contributed by atoms with van der Waals surface area (Å²) in [5.41, 5.74) is -0.520. The Kier molecular flexibility index (Phi) is 4.64. The highest BCUT2D eigenvalue weighted by atomic mass is 35.5. The van der Waals surface area contributed by atoms with Crippen molar-refractivity contribution >= 4 is 35.2 Å². The number of aliphatic carboxylic acids is 1. The summed E-state index contributed by atoms with van der Waals surface area (Å²) in [6.45, 7) is 1.73. The van der Waals surface area contributed by atoms with Crippen LogP contribution in [0, 0.1) is 5.92 Å². The van der Waals surface area contributed by atoms with E-state index in [9.17, 15) is 14.7 Å². The van der Waals surface area contributed by atoms with Crippen molar-refractivity contribution in [3.8, 4) is 0 Å². The molecular weight excluding hydrogens is 315 g/mol. The summed E-state index contributed by atoms with van der Waals surface area (Å²) in [6.07, 6.45) is 1.62. The highest BCUT2D eigenvalue weighted by Crippen LogP contribution is 2.39. The van der Waals surface area contributed by atoms with Crippen LogP contribution in [-0.2, 0) is 11.3 Å². The number of hydrogen-bond donors (Lipinski definition) is 3. The number of urea groups is 1. The number of rotatable bonds is 5. The molecule has 3 N–H and O–H groups in total. The molecule has 0 heterocycles. The fourth-order valence-corrected chi connectivity index (χ4v) is 2.59. The molecule has 2 rings (SSSR count). The zero-order valence-electron chi connectivity index (χ0n) is 11.5. The highest BCUT2D eigenvalue weighted by molar-refractivity contribution is 6.35. The topological polar surface area (TPSA) is 78.4 Å². The van der Waals surface area contributed by atoms with Crippen LogP contribution in [-0.4, -0.2) is 22.6 Å². The number of halogens is 2. The van der Waals surface area contributed by atoms with Crippen LogP contribution < -0.4 is 10.6 Å². The molecule has 1 fully saturated rings. The highest BCUT2D eigenvalue weighted by Gasteiger charge is 2.48. The van der Waals surface area contributed by atoms with Crippen molar-refractivity contribution in [3.63, 3.8) is 0 Å². The summed E-state index contributed by atoms with van der Waals surface area (Å²) in [6, 6.07) is 4.44. The predicted molar refractivity (Wildman–Crippen MR) is 80.6 cm³/mol. The molecule has 1 aromatic carbocycles. The molecule has 1 atom stereocenters. The van der Waals surface area contributed by atoms with Crippen LogP contribution in [0.3, 0.4) is 0 Å². The first-order valence-corrected chi connectivity index (χ1v) is 7.32. The summed E-state index contributed by atoms with van der Waals surface area (Å²) >= 11 is 11.8. The van der Waals surface area contributed by atoms with Gasteiger partial charge in [0.2, 0.25) is 0 Å². The van der Waals surface area contributed by atoms with Gasteiger partial charge in [-0.15, -0.1) is 0 Å². The van der Waals surface area contributed by atoms with Crippen LogP contribution in [0.15, 0.2) is 18.2 Å². The lowest BCUT2D eigenvalue weighted by Crippen LogP contribution is -2.56. The van der Waals surface area contributed by atoms with Crippen LogP contribution in [0.25, 0.3) is 0 Å². The number of carboxylic acid groups (broad SMARTS) is 1. The maximum Gasteiger partial charge on any atom is 0.329 e. The average Bonchev–Trinajstić information content (AvgIpc) is 3.21. The second kappa shape index (κ2) is 6.12. The van der Waals surface area contributed by atoms with E-state index in [0.29, 0.717) is 15.6 Å². The van der Waals surface area contributed by atoms with Gasteiger partial charge in [0.25, 0.3) is 0 Å². The average molecular weight is 331 g/mol. The fraction of sp³-hybridized carbons (Fsp3) is 0.429. The first kappa shape index (κ1) is 15.9. The van der Waals surface area contributed by atoms with Gasteiger partial charge in [-0.25, -0.2) is 9.59 Å². The second-order valence-electron chi connectivity index (χ2n) is 5.33. The molecule has 0 radical (unpaired) electrons. The van der Waals surface area contributed by atoms with Crippen LogP contribution in [0.5, 0.6) is 0 Å². The molecule has 21 heavy (non-hydrogen) atoms. The van der Waals surface area contributed by atoms with Crippen molar-refractivity contribution in [3.05, 3.63) is 33.8 Å². The third-order valence-corrected chi connectivity index (χ3v) is 4.25. The van der Waals surface area contributed by atoms with Crippen molar-refractivity contribution in [1.82, 2.24) is 10.6 Å². The molecule has 1 aliphatic carbocycles. The normalized spacial score (nSPS) is 16.9. The molecule has 0 bridgehead atoms. The van der Waals surface area contributed by atoms with Crippen LogP contribution in [0.2, 0.25) is 10.0 Å². The molecule has 0 aliphatic heterocycles.